The molecule has 0 aliphatic rings. The van der Waals surface area contributed by atoms with Crippen LogP contribution < -0.4 is 0 Å². The molecule has 4 heteroatoms. The van der Waals surface area contributed by atoms with Crippen molar-refractivity contribution < 1.29 is 0 Å². The maximum atomic E-state index is 7.89. The van der Waals surface area contributed by atoms with Crippen LogP contribution in [0, 0.1) is 0 Å². The van der Waals surface area contributed by atoms with Crippen LogP contribution >= 0.6 is 10.0 Å². The molecule has 0 amide bonds. The summed E-state index contributed by atoms with van der Waals surface area (Å²) in [5, 5.41) is 0. The van der Waals surface area contributed by atoms with E-state index in [4.69, 9.17) is 11.0 Å². The van der Waals surface area contributed by atoms with Crippen LogP contribution in [0.4, 0.5) is 0 Å². The molecule has 0 heterocycles. The van der Waals surface area contributed by atoms with Gasteiger partial charge in [-0.15, -0.1) is 0 Å². The zero-order valence-corrected chi connectivity index (χ0v) is 13.9. The Kier molecular flexibility index (Phi) is 8.01. The lowest BCUT2D eigenvalue weighted by Gasteiger charge is -2.30. The van der Waals surface area contributed by atoms with Gasteiger partial charge in [-0.05, 0) is 53.2 Å². The van der Waals surface area contributed by atoms with E-state index in [-0.39, 0.29) is 6.04 Å². The average Bonchev–Trinajstić information content (AvgIpc) is 2.24. The van der Waals surface area contributed by atoms with E-state index < -0.39 is 14.4 Å². The first-order valence-corrected chi connectivity index (χ1v) is 8.71. The number of aliphatic imine (C=N–C) groups is 1. The molecule has 98 valence electrons. The fraction of sp³-hybridized carbons (Fsp3) is 0.769. The standard InChI is InChI=1S/C13H25N2.Al.ClH.H/c1-7-12(14-10(3)4)9-13(8-2)15-11(5)6;;;/h9-11H,7-8H2,1-6H3;;1H;/q-1;+2;;/p-1/b12-9-,15-13?;;;/i;;;1+1. The smallest absolute Gasteiger partial charge is 0.454 e. The van der Waals surface area contributed by atoms with Gasteiger partial charge in [-0.3, -0.25) is 4.99 Å². The second-order valence-electron chi connectivity index (χ2n) is 4.66. The largest absolute Gasteiger partial charge is 0.520 e. The van der Waals surface area contributed by atoms with Crippen LogP contribution in [0.2, 0.25) is 0 Å². The SMILES string of the molecule is [2H][Al]([Cl])[N](/C(=C\C(CC)=NC(C)C)CC)C(C)C. The summed E-state index contributed by atoms with van der Waals surface area (Å²) in [5.41, 5.74) is 2.24. The maximum Gasteiger partial charge on any atom is 0.520 e. The van der Waals surface area contributed by atoms with Crippen LogP contribution in [0.3, 0.4) is 0 Å². The zero-order valence-electron chi connectivity index (χ0n) is 13.0. The molecule has 17 heavy (non-hydrogen) atoms. The molecule has 0 N–H and O–H groups in total. The van der Waals surface area contributed by atoms with Crippen molar-refractivity contribution in [2.45, 2.75) is 66.5 Å². The van der Waals surface area contributed by atoms with E-state index in [0.717, 1.165) is 24.3 Å². The molecule has 0 saturated carbocycles. The molecule has 0 aliphatic heterocycles. The molecular formula is C13H26AlClN2. The first-order chi connectivity index (χ1) is 8.33. The Morgan fingerprint density at radius 3 is 2.24 bits per heavy atom. The molecule has 0 aliphatic carbocycles. The van der Waals surface area contributed by atoms with Crippen LogP contribution in [0.15, 0.2) is 16.8 Å². The van der Waals surface area contributed by atoms with E-state index in [2.05, 4.69) is 56.5 Å². The van der Waals surface area contributed by atoms with E-state index in [1.807, 2.05) is 0 Å². The van der Waals surface area contributed by atoms with Crippen molar-refractivity contribution in [2.75, 3.05) is 0 Å². The van der Waals surface area contributed by atoms with Crippen molar-refractivity contribution in [1.82, 2.24) is 3.88 Å². The predicted octanol–water partition coefficient (Wildman–Crippen LogP) is 3.76. The summed E-state index contributed by atoms with van der Waals surface area (Å²) >= 11 is -2.09. The minimum absolute atomic E-state index is 0.278. The average molecular weight is 274 g/mol. The summed E-state index contributed by atoms with van der Waals surface area (Å²) in [5.74, 6) is 0. The van der Waals surface area contributed by atoms with Gasteiger partial charge in [0.05, 0.1) is 0 Å². The highest BCUT2D eigenvalue weighted by Gasteiger charge is 2.13. The van der Waals surface area contributed by atoms with Crippen molar-refractivity contribution in [3.8, 4) is 0 Å². The van der Waals surface area contributed by atoms with Crippen molar-refractivity contribution in [1.29, 1.82) is 0.939 Å². The first kappa shape index (κ1) is 15.1. The van der Waals surface area contributed by atoms with Gasteiger partial charge in [0.2, 0.25) is 0 Å². The molecule has 0 radical (unpaired) electrons. The molecule has 0 spiro atoms. The summed E-state index contributed by atoms with van der Waals surface area (Å²) in [7, 11) is 6.10. The van der Waals surface area contributed by atoms with Crippen LogP contribution in [0.25, 0.3) is 0 Å². The normalized spacial score (nSPS) is 14.3. The maximum absolute atomic E-state index is 7.89. The molecular weight excluding hydrogens is 247 g/mol. The quantitative estimate of drug-likeness (QED) is 0.509. The third kappa shape index (κ3) is 6.50. The molecule has 0 unspecified atom stereocenters. The lowest BCUT2D eigenvalue weighted by molar-refractivity contribution is 0.443. The van der Waals surface area contributed by atoms with E-state index >= 15 is 0 Å². The van der Waals surface area contributed by atoms with Gasteiger partial charge < -0.3 is 3.88 Å². The lowest BCUT2D eigenvalue weighted by Crippen LogP contribution is -2.31. The van der Waals surface area contributed by atoms with E-state index in [0.29, 0.717) is 6.04 Å². The van der Waals surface area contributed by atoms with E-state index in [1.54, 1.807) is 0 Å². The van der Waals surface area contributed by atoms with Gasteiger partial charge in [0.25, 0.3) is 0 Å². The van der Waals surface area contributed by atoms with Crippen LogP contribution in [-0.2, 0) is 0 Å². The second-order valence-corrected chi connectivity index (χ2v) is 5.99. The molecule has 0 bridgehead atoms. The summed E-state index contributed by atoms with van der Waals surface area (Å²) in [6.45, 7) is 12.6. The van der Waals surface area contributed by atoms with Crippen LogP contribution in [0.5, 0.6) is 0 Å². The van der Waals surface area contributed by atoms with Gasteiger partial charge in [0.15, 0.2) is 0 Å². The lowest BCUT2D eigenvalue weighted by atomic mass is 10.2. The van der Waals surface area contributed by atoms with Crippen LogP contribution in [-0.4, -0.2) is 37.0 Å². The van der Waals surface area contributed by atoms with Gasteiger partial charge in [-0.25, -0.2) is 10.0 Å². The molecule has 0 aromatic carbocycles. The Morgan fingerprint density at radius 2 is 1.94 bits per heavy atom. The van der Waals surface area contributed by atoms with Crippen LogP contribution in [0.1, 0.15) is 54.4 Å². The van der Waals surface area contributed by atoms with Crippen molar-refractivity contribution in [2.24, 2.45) is 4.99 Å². The van der Waals surface area contributed by atoms with Gasteiger partial charge >= 0.3 is 14.4 Å². The van der Waals surface area contributed by atoms with Gasteiger partial charge in [0, 0.05) is 17.8 Å². The van der Waals surface area contributed by atoms with Gasteiger partial charge in [0.1, 0.15) is 0 Å². The Bertz CT molecular complexity index is 293. The number of nitrogens with zero attached hydrogens (tertiary/aromatic N) is 2. The highest BCUT2D eigenvalue weighted by molar-refractivity contribution is 6.92. The number of hydrogen-bond acceptors (Lipinski definition) is 2. The van der Waals surface area contributed by atoms with Crippen molar-refractivity contribution >= 4 is 30.1 Å². The Balaban J connectivity index is 5.26. The second kappa shape index (κ2) is 9.03. The first-order valence-electron chi connectivity index (χ1n) is 7.03. The van der Waals surface area contributed by atoms with E-state index in [1.165, 1.54) is 0 Å². The summed E-state index contributed by atoms with van der Waals surface area (Å²) in [6, 6.07) is 0.585. The molecule has 2 nitrogen and oxygen atoms in total. The zero-order chi connectivity index (χ0) is 14.3. The van der Waals surface area contributed by atoms with Gasteiger partial charge in [-0.2, -0.15) is 0 Å². The number of hydrogen-bond donors (Lipinski definition) is 0. The molecule has 0 aromatic heterocycles. The monoisotopic (exact) mass is 273 g/mol. The van der Waals surface area contributed by atoms with Gasteiger partial charge in [-0.1, -0.05) is 13.8 Å². The minimum Gasteiger partial charge on any atom is -0.454 e. The minimum atomic E-state index is -2.09. The van der Waals surface area contributed by atoms with E-state index in [9.17, 15) is 0 Å². The Hall–Kier alpha value is 0.0325. The fourth-order valence-electron chi connectivity index (χ4n) is 1.62. The highest BCUT2D eigenvalue weighted by Crippen LogP contribution is 2.14. The Morgan fingerprint density at radius 1 is 1.35 bits per heavy atom. The fourth-order valence-corrected chi connectivity index (χ4v) is 3.28. The predicted molar refractivity (Wildman–Crippen MR) is 81.2 cm³/mol. The summed E-state index contributed by atoms with van der Waals surface area (Å²) in [6.07, 6.45) is 3.93. The molecule has 0 fully saturated rings. The number of rotatable bonds is 7. The topological polar surface area (TPSA) is 15.6 Å². The molecule has 0 aromatic rings. The number of allylic oxidation sites excluding steroid dienone is 2. The summed E-state index contributed by atoms with van der Waals surface area (Å²) < 4.78 is 9.95. The van der Waals surface area contributed by atoms with Crippen molar-refractivity contribution in [3.63, 3.8) is 0 Å². The third-order valence-corrected chi connectivity index (χ3v) is 4.24. The summed E-state index contributed by atoms with van der Waals surface area (Å²) in [4.78, 5) is 4.61. The molecule has 0 atom stereocenters. The van der Waals surface area contributed by atoms with Crippen molar-refractivity contribution in [3.05, 3.63) is 11.8 Å². The Labute approximate surface area is 118 Å². The third-order valence-electron chi connectivity index (χ3n) is 2.47. The highest BCUT2D eigenvalue weighted by atomic mass is 35.6. The molecule has 0 saturated heterocycles. The number of halogens is 1. The molecule has 0 rings (SSSR count).